The van der Waals surface area contributed by atoms with E-state index in [9.17, 15) is 15.5 Å². The van der Waals surface area contributed by atoms with Crippen LogP contribution in [0.3, 0.4) is 0 Å². The first-order valence-corrected chi connectivity index (χ1v) is 8.61. The largest absolute Gasteiger partial charge is 0.392 e. The van der Waals surface area contributed by atoms with Gasteiger partial charge in [0, 0.05) is 5.92 Å². The zero-order valence-electron chi connectivity index (χ0n) is 15.2. The van der Waals surface area contributed by atoms with Crippen molar-refractivity contribution >= 4 is 0 Å². The summed E-state index contributed by atoms with van der Waals surface area (Å²) in [7, 11) is 0. The van der Waals surface area contributed by atoms with E-state index in [1.165, 1.54) is 5.57 Å². The lowest BCUT2D eigenvalue weighted by atomic mass is 9.84. The van der Waals surface area contributed by atoms with Crippen LogP contribution >= 0.6 is 0 Å². The number of rotatable bonds is 3. The third kappa shape index (κ3) is 6.73. The van der Waals surface area contributed by atoms with E-state index >= 15 is 0 Å². The van der Waals surface area contributed by atoms with E-state index in [4.69, 9.17) is 4.89 Å². The lowest BCUT2D eigenvalue weighted by Gasteiger charge is -2.28. The van der Waals surface area contributed by atoms with Crippen LogP contribution < -0.4 is 0 Å². The van der Waals surface area contributed by atoms with Gasteiger partial charge in [0.05, 0.1) is 12.7 Å². The van der Waals surface area contributed by atoms with Crippen molar-refractivity contribution in [2.24, 2.45) is 5.92 Å². The average Bonchev–Trinajstić information content (AvgIpc) is 2.53. The molecule has 4 heteroatoms. The van der Waals surface area contributed by atoms with Gasteiger partial charge in [-0.1, -0.05) is 42.0 Å². The Labute approximate surface area is 145 Å². The topological polar surface area (TPSA) is 69.9 Å². The number of aliphatic hydroxyl groups excluding tert-OH is 2. The molecule has 0 radical (unpaired) electrons. The quantitative estimate of drug-likeness (QED) is 0.411. The van der Waals surface area contributed by atoms with Gasteiger partial charge in [0.25, 0.3) is 0 Å². The molecule has 3 N–H and O–H groups in total. The molecule has 0 saturated heterocycles. The molecular formula is C20H32O4. The van der Waals surface area contributed by atoms with E-state index in [0.29, 0.717) is 18.4 Å². The Hall–Kier alpha value is -1.20. The van der Waals surface area contributed by atoms with Crippen LogP contribution in [-0.4, -0.2) is 33.8 Å². The van der Waals surface area contributed by atoms with Gasteiger partial charge in [-0.15, -0.1) is 0 Å². The predicted octanol–water partition coefficient (Wildman–Crippen LogP) is 4.17. The van der Waals surface area contributed by atoms with Crippen molar-refractivity contribution in [3.05, 3.63) is 47.6 Å². The van der Waals surface area contributed by atoms with E-state index in [1.54, 1.807) is 6.92 Å². The molecule has 24 heavy (non-hydrogen) atoms. The first-order valence-electron chi connectivity index (χ1n) is 8.61. The van der Waals surface area contributed by atoms with Crippen molar-refractivity contribution in [1.82, 2.24) is 0 Å². The van der Waals surface area contributed by atoms with E-state index in [-0.39, 0.29) is 12.5 Å². The summed E-state index contributed by atoms with van der Waals surface area (Å²) in [6.07, 6.45) is 10.9. The molecule has 0 aromatic rings. The summed E-state index contributed by atoms with van der Waals surface area (Å²) < 4.78 is 0. The summed E-state index contributed by atoms with van der Waals surface area (Å²) in [5.41, 5.74) is 2.16. The lowest BCUT2D eigenvalue weighted by Crippen LogP contribution is -2.29. The van der Waals surface area contributed by atoms with Crippen molar-refractivity contribution in [3.8, 4) is 0 Å². The molecule has 0 fully saturated rings. The standard InChI is InChI=1S/C20H32O4/c1-15-7-5-8-16(2)13-19(22)18(17(3)14-21)10-12-20(4,24-23)11-6-9-15/h6-7,11,13,18-19,21-23H,3,5,8-10,12,14H2,1-2,4H3/b11-6+,15-7-,16-13-/t18-,19-,20-/m0/s1. The zero-order valence-corrected chi connectivity index (χ0v) is 15.2. The number of hydrogen-bond donors (Lipinski definition) is 3. The smallest absolute Gasteiger partial charge is 0.119 e. The second-order valence-corrected chi connectivity index (χ2v) is 7.06. The molecule has 4 nitrogen and oxygen atoms in total. The Morgan fingerprint density at radius 2 is 2.08 bits per heavy atom. The van der Waals surface area contributed by atoms with Gasteiger partial charge in [-0.2, -0.15) is 0 Å². The zero-order chi connectivity index (χ0) is 18.2. The van der Waals surface area contributed by atoms with Crippen molar-refractivity contribution in [2.75, 3.05) is 6.61 Å². The fourth-order valence-corrected chi connectivity index (χ4v) is 2.95. The third-order valence-corrected chi connectivity index (χ3v) is 4.70. The minimum atomic E-state index is -0.823. The lowest BCUT2D eigenvalue weighted by molar-refractivity contribution is -0.304. The summed E-state index contributed by atoms with van der Waals surface area (Å²) >= 11 is 0. The summed E-state index contributed by atoms with van der Waals surface area (Å²) in [4.78, 5) is 4.70. The Balaban J connectivity index is 3.08. The van der Waals surface area contributed by atoms with Gasteiger partial charge in [0.1, 0.15) is 5.60 Å². The number of allylic oxidation sites excluding steroid dienone is 4. The van der Waals surface area contributed by atoms with Crippen LogP contribution in [0.4, 0.5) is 0 Å². The molecule has 3 atom stereocenters. The second-order valence-electron chi connectivity index (χ2n) is 7.06. The van der Waals surface area contributed by atoms with Gasteiger partial charge in [0.2, 0.25) is 0 Å². The highest BCUT2D eigenvalue weighted by atomic mass is 17.1. The second kappa shape index (κ2) is 9.94. The molecule has 0 aromatic carbocycles. The van der Waals surface area contributed by atoms with Crippen LogP contribution in [0.2, 0.25) is 0 Å². The monoisotopic (exact) mass is 336 g/mol. The van der Waals surface area contributed by atoms with Crippen LogP contribution in [-0.2, 0) is 4.89 Å². The summed E-state index contributed by atoms with van der Waals surface area (Å²) in [6, 6.07) is 0. The van der Waals surface area contributed by atoms with Gasteiger partial charge < -0.3 is 10.2 Å². The highest BCUT2D eigenvalue weighted by Crippen LogP contribution is 2.28. The Kier molecular flexibility index (Phi) is 8.63. The van der Waals surface area contributed by atoms with E-state index in [1.807, 2.05) is 25.2 Å². The Bertz CT molecular complexity index is 504. The van der Waals surface area contributed by atoms with Gasteiger partial charge in [-0.05, 0) is 58.4 Å². The first kappa shape index (κ1) is 20.8. The molecule has 0 unspecified atom stereocenters. The summed E-state index contributed by atoms with van der Waals surface area (Å²) in [5, 5.41) is 29.3. The van der Waals surface area contributed by atoms with Crippen LogP contribution in [0, 0.1) is 5.92 Å². The third-order valence-electron chi connectivity index (χ3n) is 4.70. The van der Waals surface area contributed by atoms with Crippen molar-refractivity contribution < 1.29 is 20.4 Å². The van der Waals surface area contributed by atoms with Gasteiger partial charge >= 0.3 is 0 Å². The molecule has 0 heterocycles. The van der Waals surface area contributed by atoms with E-state index in [2.05, 4.69) is 19.6 Å². The summed E-state index contributed by atoms with van der Waals surface area (Å²) in [5.74, 6) is -0.270. The van der Waals surface area contributed by atoms with Crippen LogP contribution in [0.1, 0.15) is 52.9 Å². The predicted molar refractivity (Wildman–Crippen MR) is 97.6 cm³/mol. The molecule has 1 aliphatic carbocycles. The van der Waals surface area contributed by atoms with Crippen molar-refractivity contribution in [3.63, 3.8) is 0 Å². The van der Waals surface area contributed by atoms with Crippen LogP contribution in [0.15, 0.2) is 47.6 Å². The Morgan fingerprint density at radius 3 is 2.71 bits per heavy atom. The normalized spacial score (nSPS) is 35.9. The van der Waals surface area contributed by atoms with Gasteiger partial charge in [0.15, 0.2) is 0 Å². The SMILES string of the molecule is C=C(CO)[C@@H]1CC[C@@](C)(OO)/C=C/C/C(C)=C\CC/C(C)=C\[C@@H]1O. The minimum Gasteiger partial charge on any atom is -0.392 e. The molecule has 0 aromatic heterocycles. The summed E-state index contributed by atoms with van der Waals surface area (Å²) in [6.45, 7) is 9.63. The fraction of sp³-hybridized carbons (Fsp3) is 0.600. The molecule has 1 rings (SSSR count). The van der Waals surface area contributed by atoms with Crippen LogP contribution in [0.25, 0.3) is 0 Å². The van der Waals surface area contributed by atoms with E-state index < -0.39 is 11.7 Å². The van der Waals surface area contributed by atoms with Gasteiger partial charge in [-0.3, -0.25) is 5.26 Å². The maximum Gasteiger partial charge on any atom is 0.119 e. The van der Waals surface area contributed by atoms with Crippen molar-refractivity contribution in [2.45, 2.75) is 64.6 Å². The highest BCUT2D eigenvalue weighted by molar-refractivity contribution is 5.15. The molecule has 0 saturated carbocycles. The minimum absolute atomic E-state index is 0.164. The molecule has 0 amide bonds. The number of hydrogen-bond acceptors (Lipinski definition) is 4. The maximum absolute atomic E-state index is 10.6. The highest BCUT2D eigenvalue weighted by Gasteiger charge is 2.27. The molecule has 0 aliphatic heterocycles. The fourth-order valence-electron chi connectivity index (χ4n) is 2.95. The van der Waals surface area contributed by atoms with Gasteiger partial charge in [-0.25, -0.2) is 4.89 Å². The number of aliphatic hydroxyl groups is 2. The first-order chi connectivity index (χ1) is 11.3. The van der Waals surface area contributed by atoms with E-state index in [0.717, 1.165) is 24.8 Å². The van der Waals surface area contributed by atoms with Crippen molar-refractivity contribution in [1.29, 1.82) is 0 Å². The molecular weight excluding hydrogens is 304 g/mol. The molecule has 0 bridgehead atoms. The molecule has 0 spiro atoms. The Morgan fingerprint density at radius 1 is 1.38 bits per heavy atom. The average molecular weight is 336 g/mol. The van der Waals surface area contributed by atoms with Crippen LogP contribution in [0.5, 0.6) is 0 Å². The molecule has 136 valence electrons. The maximum atomic E-state index is 10.6. The molecule has 1 aliphatic rings.